The van der Waals surface area contributed by atoms with Crippen LogP contribution in [-0.4, -0.2) is 48.9 Å². The van der Waals surface area contributed by atoms with Gasteiger partial charge in [0.25, 0.3) is 5.91 Å². The van der Waals surface area contributed by atoms with Gasteiger partial charge in [-0.15, -0.1) is 0 Å². The van der Waals surface area contributed by atoms with E-state index < -0.39 is 13.0 Å². The Morgan fingerprint density at radius 3 is 2.46 bits per heavy atom. The third kappa shape index (κ3) is 6.75. The van der Waals surface area contributed by atoms with Crippen molar-refractivity contribution in [2.45, 2.75) is 6.92 Å². The van der Waals surface area contributed by atoms with Gasteiger partial charge >= 0.3 is 0 Å². The first-order valence-corrected chi connectivity index (χ1v) is 6.89. The van der Waals surface area contributed by atoms with E-state index in [0.717, 1.165) is 0 Å². The topological polar surface area (TPSA) is 69.6 Å². The highest BCUT2D eigenvalue weighted by atomic mass is 31.2. The van der Waals surface area contributed by atoms with Crippen molar-refractivity contribution in [2.75, 3.05) is 32.7 Å². The fraction of sp³-hybridized carbons (Fsp3) is 0.857. The SMILES string of the molecule is CCN(O)C(=O)CNCP(C)(C)=O. The van der Waals surface area contributed by atoms with E-state index in [1.54, 1.807) is 20.3 Å². The zero-order valence-electron chi connectivity index (χ0n) is 8.28. The van der Waals surface area contributed by atoms with Gasteiger partial charge in [-0.1, -0.05) is 0 Å². The molecule has 0 rings (SSSR count). The van der Waals surface area contributed by atoms with Gasteiger partial charge in [0.15, 0.2) is 0 Å². The van der Waals surface area contributed by atoms with Crippen LogP contribution in [0.3, 0.4) is 0 Å². The summed E-state index contributed by atoms with van der Waals surface area (Å²) in [6.07, 6.45) is 0.316. The number of nitrogens with zero attached hydrogens (tertiary/aromatic N) is 1. The van der Waals surface area contributed by atoms with Gasteiger partial charge in [-0.2, -0.15) is 0 Å². The van der Waals surface area contributed by atoms with Crippen molar-refractivity contribution < 1.29 is 14.6 Å². The molecule has 6 heteroatoms. The highest BCUT2D eigenvalue weighted by Crippen LogP contribution is 2.33. The van der Waals surface area contributed by atoms with Crippen molar-refractivity contribution in [1.29, 1.82) is 0 Å². The molecule has 0 aliphatic heterocycles. The number of rotatable bonds is 5. The molecule has 0 fully saturated rings. The zero-order chi connectivity index (χ0) is 10.5. The third-order valence-electron chi connectivity index (χ3n) is 1.36. The lowest BCUT2D eigenvalue weighted by atomic mass is 10.5. The summed E-state index contributed by atoms with van der Waals surface area (Å²) in [5, 5.41) is 12.3. The van der Waals surface area contributed by atoms with Crippen molar-refractivity contribution in [3.05, 3.63) is 0 Å². The fourth-order valence-electron chi connectivity index (χ4n) is 0.700. The standard InChI is InChI=1S/C7H17N2O3P/c1-4-9(11)7(10)5-8-6-13(2,3)12/h8,11H,4-6H2,1-3H3. The van der Waals surface area contributed by atoms with Gasteiger partial charge in [-0.25, -0.2) is 5.06 Å². The molecular formula is C7H17N2O3P. The number of hydroxylamine groups is 2. The monoisotopic (exact) mass is 208 g/mol. The second-order valence-corrected chi connectivity index (χ2v) is 6.73. The molecule has 0 unspecified atom stereocenters. The van der Waals surface area contributed by atoms with E-state index in [2.05, 4.69) is 5.32 Å². The summed E-state index contributed by atoms with van der Waals surface area (Å²) >= 11 is 0. The molecule has 0 saturated carbocycles. The fourth-order valence-corrected chi connectivity index (χ4v) is 1.35. The largest absolute Gasteiger partial charge is 0.323 e. The lowest BCUT2D eigenvalue weighted by Gasteiger charge is -2.13. The molecule has 0 bridgehead atoms. The van der Waals surface area contributed by atoms with E-state index in [1.807, 2.05) is 0 Å². The van der Waals surface area contributed by atoms with Crippen LogP contribution >= 0.6 is 7.14 Å². The lowest BCUT2D eigenvalue weighted by Crippen LogP contribution is -2.36. The molecule has 0 atom stereocenters. The summed E-state index contributed by atoms with van der Waals surface area (Å²) in [6.45, 7) is 5.23. The lowest BCUT2D eigenvalue weighted by molar-refractivity contribution is -0.163. The molecule has 0 aromatic heterocycles. The maximum absolute atomic E-state index is 11.2. The highest BCUT2D eigenvalue weighted by Gasteiger charge is 2.10. The summed E-state index contributed by atoms with van der Waals surface area (Å²) in [5.41, 5.74) is 0. The Bertz CT molecular complexity index is 214. The molecule has 13 heavy (non-hydrogen) atoms. The van der Waals surface area contributed by atoms with Crippen LogP contribution in [0, 0.1) is 0 Å². The number of carbonyl (C=O) groups is 1. The molecule has 0 saturated heterocycles. The van der Waals surface area contributed by atoms with Crippen molar-refractivity contribution in [3.8, 4) is 0 Å². The minimum atomic E-state index is -2.12. The smallest absolute Gasteiger partial charge is 0.259 e. The third-order valence-corrected chi connectivity index (χ3v) is 2.34. The number of amides is 1. The van der Waals surface area contributed by atoms with Gasteiger partial charge in [0.05, 0.1) is 13.7 Å². The first-order chi connectivity index (χ1) is 5.87. The van der Waals surface area contributed by atoms with Gasteiger partial charge in [0.1, 0.15) is 0 Å². The predicted molar refractivity (Wildman–Crippen MR) is 51.5 cm³/mol. The average Bonchev–Trinajstić information content (AvgIpc) is 2.00. The van der Waals surface area contributed by atoms with Gasteiger partial charge in [0.2, 0.25) is 0 Å². The molecule has 5 nitrogen and oxygen atoms in total. The van der Waals surface area contributed by atoms with E-state index in [-0.39, 0.29) is 13.1 Å². The van der Waals surface area contributed by atoms with E-state index in [9.17, 15) is 9.36 Å². The highest BCUT2D eigenvalue weighted by molar-refractivity contribution is 7.62. The number of nitrogens with one attached hydrogen (secondary N) is 1. The van der Waals surface area contributed by atoms with Crippen molar-refractivity contribution in [3.63, 3.8) is 0 Å². The molecule has 0 aromatic rings. The molecule has 1 amide bonds. The number of carbonyl (C=O) groups excluding carboxylic acids is 1. The van der Waals surface area contributed by atoms with E-state index in [1.165, 1.54) is 0 Å². The minimum absolute atomic E-state index is 0.0238. The van der Waals surface area contributed by atoms with Crippen molar-refractivity contribution in [1.82, 2.24) is 10.4 Å². The van der Waals surface area contributed by atoms with Crippen LogP contribution in [0.25, 0.3) is 0 Å². The number of likely N-dealkylation sites (N-methyl/N-ethyl adjacent to an activating group) is 1. The molecule has 0 aromatic carbocycles. The molecule has 0 aliphatic rings. The summed E-state index contributed by atoms with van der Waals surface area (Å²) < 4.78 is 11.2. The van der Waals surface area contributed by atoms with Gasteiger partial charge in [0, 0.05) is 12.8 Å². The summed E-state index contributed by atoms with van der Waals surface area (Å²) in [5.74, 6) is -0.407. The van der Waals surface area contributed by atoms with Crippen LogP contribution < -0.4 is 5.32 Å². The summed E-state index contributed by atoms with van der Waals surface area (Å²) in [4.78, 5) is 11.0. The zero-order valence-corrected chi connectivity index (χ0v) is 9.17. The van der Waals surface area contributed by atoms with Gasteiger partial charge < -0.3 is 9.88 Å². The molecule has 0 spiro atoms. The maximum atomic E-state index is 11.2. The molecule has 78 valence electrons. The molecule has 2 N–H and O–H groups in total. The Morgan fingerprint density at radius 2 is 2.08 bits per heavy atom. The maximum Gasteiger partial charge on any atom is 0.259 e. The van der Waals surface area contributed by atoms with Crippen molar-refractivity contribution in [2.24, 2.45) is 0 Å². The molecular weight excluding hydrogens is 191 g/mol. The summed E-state index contributed by atoms with van der Waals surface area (Å²) in [6, 6.07) is 0. The first-order valence-electron chi connectivity index (χ1n) is 4.10. The van der Waals surface area contributed by atoms with Crippen LogP contribution in [0.15, 0.2) is 0 Å². The van der Waals surface area contributed by atoms with Crippen molar-refractivity contribution >= 4 is 13.0 Å². The second-order valence-electron chi connectivity index (χ2n) is 3.27. The van der Waals surface area contributed by atoms with Gasteiger partial charge in [-0.3, -0.25) is 10.0 Å². The normalized spacial score (nSPS) is 11.4. The Hall–Kier alpha value is -0.380. The van der Waals surface area contributed by atoms with Crippen LogP contribution in [0.1, 0.15) is 6.92 Å². The van der Waals surface area contributed by atoms with Gasteiger partial charge in [-0.05, 0) is 20.3 Å². The van der Waals surface area contributed by atoms with Crippen LogP contribution in [0.2, 0.25) is 0 Å². The summed E-state index contributed by atoms with van der Waals surface area (Å²) in [7, 11) is -2.12. The number of hydrogen-bond donors (Lipinski definition) is 2. The Labute approximate surface area is 78.4 Å². The van der Waals surface area contributed by atoms with Crippen LogP contribution in [-0.2, 0) is 9.36 Å². The second kappa shape index (κ2) is 5.37. The Kier molecular flexibility index (Phi) is 5.21. The van der Waals surface area contributed by atoms with E-state index in [0.29, 0.717) is 11.3 Å². The molecule has 0 radical (unpaired) electrons. The minimum Gasteiger partial charge on any atom is -0.323 e. The quantitative estimate of drug-likeness (QED) is 0.389. The van der Waals surface area contributed by atoms with E-state index >= 15 is 0 Å². The Balaban J connectivity index is 3.66. The first kappa shape index (κ1) is 12.6. The Morgan fingerprint density at radius 1 is 1.54 bits per heavy atom. The van der Waals surface area contributed by atoms with Crippen LogP contribution in [0.4, 0.5) is 0 Å². The molecule has 0 aliphatic carbocycles. The number of hydrogen-bond acceptors (Lipinski definition) is 4. The van der Waals surface area contributed by atoms with Crippen LogP contribution in [0.5, 0.6) is 0 Å². The predicted octanol–water partition coefficient (Wildman–Crippen LogP) is 0.394. The molecule has 0 heterocycles. The van der Waals surface area contributed by atoms with E-state index in [4.69, 9.17) is 5.21 Å². The average molecular weight is 208 g/mol.